The summed E-state index contributed by atoms with van der Waals surface area (Å²) in [5.41, 5.74) is 1.99. The number of amides is 1. The second-order valence-electron chi connectivity index (χ2n) is 4.29. The molecule has 0 unspecified atom stereocenters. The number of aryl methyl sites for hydroxylation is 1. The minimum absolute atomic E-state index is 0.105. The Morgan fingerprint density at radius 1 is 1.41 bits per heavy atom. The predicted octanol–water partition coefficient (Wildman–Crippen LogP) is 1.70. The van der Waals surface area contributed by atoms with Gasteiger partial charge in [-0.15, -0.1) is 0 Å². The van der Waals surface area contributed by atoms with E-state index < -0.39 is 0 Å². The van der Waals surface area contributed by atoms with Gasteiger partial charge in [0.2, 0.25) is 5.91 Å². The molecule has 0 spiro atoms. The van der Waals surface area contributed by atoms with E-state index in [-0.39, 0.29) is 11.7 Å². The fraction of sp³-hybridized carbons (Fsp3) is 0.462. The van der Waals surface area contributed by atoms with Crippen LogP contribution < -0.4 is 5.32 Å². The van der Waals surface area contributed by atoms with Crippen molar-refractivity contribution in [1.82, 2.24) is 10.2 Å². The average molecular weight is 238 g/mol. The Bertz CT molecular complexity index is 391. The third kappa shape index (κ3) is 4.53. The molecule has 1 rings (SSSR count). The van der Waals surface area contributed by atoms with Gasteiger partial charge in [0.15, 0.2) is 0 Å². The van der Waals surface area contributed by atoms with Crippen LogP contribution in [0.15, 0.2) is 18.2 Å². The van der Waals surface area contributed by atoms with E-state index in [1.54, 1.807) is 25.1 Å². The zero-order valence-electron chi connectivity index (χ0n) is 10.6. The first-order valence-electron chi connectivity index (χ1n) is 5.66. The minimum Gasteiger partial charge on any atom is -0.349 e. The van der Waals surface area contributed by atoms with Gasteiger partial charge in [0.1, 0.15) is 5.82 Å². The fourth-order valence-electron chi connectivity index (χ4n) is 1.50. The van der Waals surface area contributed by atoms with E-state index in [2.05, 4.69) is 5.32 Å². The minimum atomic E-state index is -0.214. The molecule has 0 aliphatic heterocycles. The third-order valence-electron chi connectivity index (χ3n) is 2.63. The van der Waals surface area contributed by atoms with Gasteiger partial charge in [-0.1, -0.05) is 6.07 Å². The summed E-state index contributed by atoms with van der Waals surface area (Å²) in [7, 11) is 3.49. The van der Waals surface area contributed by atoms with Crippen LogP contribution in [0.5, 0.6) is 0 Å². The Morgan fingerprint density at radius 2 is 2.12 bits per heavy atom. The highest BCUT2D eigenvalue weighted by Gasteiger charge is 2.03. The van der Waals surface area contributed by atoms with Gasteiger partial charge in [-0.3, -0.25) is 4.79 Å². The quantitative estimate of drug-likeness (QED) is 0.792. The number of nitrogens with one attached hydrogen (secondary N) is 1. The topological polar surface area (TPSA) is 32.3 Å². The van der Waals surface area contributed by atoms with Gasteiger partial charge in [0.05, 0.1) is 0 Å². The maximum Gasteiger partial charge on any atom is 0.223 e. The smallest absolute Gasteiger partial charge is 0.223 e. The summed E-state index contributed by atoms with van der Waals surface area (Å²) in [6, 6.07) is 4.74. The molecule has 94 valence electrons. The molecule has 0 saturated heterocycles. The molecule has 0 aliphatic carbocycles. The number of rotatable bonds is 5. The standard InChI is InChI=1S/C13H19FN2O/c1-10-8-12(14)5-4-11(10)9-15-7-6-13(17)16(2)3/h4-5,8,15H,6-7,9H2,1-3H3. The second kappa shape index (κ2) is 6.35. The van der Waals surface area contributed by atoms with Gasteiger partial charge >= 0.3 is 0 Å². The van der Waals surface area contributed by atoms with E-state index in [9.17, 15) is 9.18 Å². The lowest BCUT2D eigenvalue weighted by atomic mass is 10.1. The van der Waals surface area contributed by atoms with Crippen molar-refractivity contribution in [2.45, 2.75) is 19.9 Å². The van der Waals surface area contributed by atoms with Crippen molar-refractivity contribution in [3.05, 3.63) is 35.1 Å². The van der Waals surface area contributed by atoms with E-state index in [0.29, 0.717) is 19.5 Å². The van der Waals surface area contributed by atoms with E-state index in [1.807, 2.05) is 6.92 Å². The van der Waals surface area contributed by atoms with Crippen LogP contribution in [-0.2, 0) is 11.3 Å². The summed E-state index contributed by atoms with van der Waals surface area (Å²) in [6.07, 6.45) is 0.479. The van der Waals surface area contributed by atoms with E-state index >= 15 is 0 Å². The lowest BCUT2D eigenvalue weighted by Gasteiger charge is -2.11. The molecule has 1 aromatic rings. The Morgan fingerprint density at radius 3 is 2.71 bits per heavy atom. The molecule has 17 heavy (non-hydrogen) atoms. The van der Waals surface area contributed by atoms with Crippen molar-refractivity contribution < 1.29 is 9.18 Å². The largest absolute Gasteiger partial charge is 0.349 e. The zero-order chi connectivity index (χ0) is 12.8. The molecule has 0 radical (unpaired) electrons. The van der Waals surface area contributed by atoms with Gasteiger partial charge in [0.25, 0.3) is 0 Å². The first kappa shape index (κ1) is 13.6. The van der Waals surface area contributed by atoms with Crippen LogP contribution >= 0.6 is 0 Å². The number of carbonyl (C=O) groups excluding carboxylic acids is 1. The number of carbonyl (C=O) groups is 1. The van der Waals surface area contributed by atoms with Crippen LogP contribution in [0.2, 0.25) is 0 Å². The summed E-state index contributed by atoms with van der Waals surface area (Å²) >= 11 is 0. The van der Waals surface area contributed by atoms with Gasteiger partial charge in [-0.05, 0) is 30.2 Å². The van der Waals surface area contributed by atoms with Crippen LogP contribution in [0, 0.1) is 12.7 Å². The highest BCUT2D eigenvalue weighted by molar-refractivity contribution is 5.75. The SMILES string of the molecule is Cc1cc(F)ccc1CNCCC(=O)N(C)C. The van der Waals surface area contributed by atoms with Crippen molar-refractivity contribution >= 4 is 5.91 Å². The fourth-order valence-corrected chi connectivity index (χ4v) is 1.50. The van der Waals surface area contributed by atoms with E-state index in [0.717, 1.165) is 11.1 Å². The number of halogens is 1. The van der Waals surface area contributed by atoms with Gasteiger partial charge in [0, 0.05) is 33.6 Å². The van der Waals surface area contributed by atoms with Crippen molar-refractivity contribution in [3.8, 4) is 0 Å². The molecule has 0 bridgehead atoms. The molecular formula is C13H19FN2O. The third-order valence-corrected chi connectivity index (χ3v) is 2.63. The number of benzene rings is 1. The molecule has 0 heterocycles. The first-order valence-corrected chi connectivity index (χ1v) is 5.66. The molecule has 1 amide bonds. The molecule has 0 aromatic heterocycles. The normalized spacial score (nSPS) is 10.4. The van der Waals surface area contributed by atoms with Gasteiger partial charge in [-0.2, -0.15) is 0 Å². The Balaban J connectivity index is 2.34. The van der Waals surface area contributed by atoms with Crippen molar-refractivity contribution in [2.75, 3.05) is 20.6 Å². The van der Waals surface area contributed by atoms with Crippen molar-refractivity contribution in [1.29, 1.82) is 0 Å². The maximum absolute atomic E-state index is 12.9. The van der Waals surface area contributed by atoms with Gasteiger partial charge < -0.3 is 10.2 Å². The van der Waals surface area contributed by atoms with Crippen molar-refractivity contribution in [2.24, 2.45) is 0 Å². The zero-order valence-corrected chi connectivity index (χ0v) is 10.6. The average Bonchev–Trinajstić information content (AvgIpc) is 2.26. The summed E-state index contributed by atoms with van der Waals surface area (Å²) in [4.78, 5) is 12.9. The summed E-state index contributed by atoms with van der Waals surface area (Å²) in [5, 5.41) is 3.18. The van der Waals surface area contributed by atoms with Crippen LogP contribution in [-0.4, -0.2) is 31.4 Å². The molecular weight excluding hydrogens is 219 g/mol. The summed E-state index contributed by atoms with van der Waals surface area (Å²) < 4.78 is 12.9. The van der Waals surface area contributed by atoms with Crippen LogP contribution in [0.1, 0.15) is 17.5 Å². The Hall–Kier alpha value is -1.42. The Kier molecular flexibility index (Phi) is 5.10. The maximum atomic E-state index is 12.9. The van der Waals surface area contributed by atoms with Crippen LogP contribution in [0.25, 0.3) is 0 Å². The molecule has 3 nitrogen and oxygen atoms in total. The first-order chi connectivity index (χ1) is 8.00. The van der Waals surface area contributed by atoms with Crippen molar-refractivity contribution in [3.63, 3.8) is 0 Å². The second-order valence-corrected chi connectivity index (χ2v) is 4.29. The molecule has 0 aliphatic rings. The summed E-state index contributed by atoms with van der Waals surface area (Å²) in [5.74, 6) is -0.109. The van der Waals surface area contributed by atoms with E-state index in [4.69, 9.17) is 0 Å². The molecule has 0 fully saturated rings. The predicted molar refractivity (Wildman–Crippen MR) is 66.2 cm³/mol. The monoisotopic (exact) mass is 238 g/mol. The lowest BCUT2D eigenvalue weighted by molar-refractivity contribution is -0.128. The highest BCUT2D eigenvalue weighted by atomic mass is 19.1. The van der Waals surface area contributed by atoms with Crippen LogP contribution in [0.3, 0.4) is 0 Å². The number of hydrogen-bond donors (Lipinski definition) is 1. The lowest BCUT2D eigenvalue weighted by Crippen LogP contribution is -2.26. The summed E-state index contributed by atoms with van der Waals surface area (Å²) in [6.45, 7) is 3.17. The molecule has 1 aromatic carbocycles. The number of hydrogen-bond acceptors (Lipinski definition) is 2. The molecule has 4 heteroatoms. The number of nitrogens with zero attached hydrogens (tertiary/aromatic N) is 1. The Labute approximate surface area is 102 Å². The molecule has 1 N–H and O–H groups in total. The van der Waals surface area contributed by atoms with Gasteiger partial charge in [-0.25, -0.2) is 4.39 Å². The highest BCUT2D eigenvalue weighted by Crippen LogP contribution is 2.09. The molecule has 0 saturated carbocycles. The van der Waals surface area contributed by atoms with Crippen LogP contribution in [0.4, 0.5) is 4.39 Å². The molecule has 0 atom stereocenters. The van der Waals surface area contributed by atoms with E-state index in [1.165, 1.54) is 12.1 Å².